The van der Waals surface area contributed by atoms with Gasteiger partial charge in [-0.05, 0) is 83.9 Å². The molecule has 2 aromatic heterocycles. The molecule has 0 aliphatic rings. The zero-order valence-corrected chi connectivity index (χ0v) is 36.4. The molecule has 8 rings (SSSR count). The highest BCUT2D eigenvalue weighted by molar-refractivity contribution is 7.91. The molecule has 12 nitrogen and oxygen atoms in total. The molecule has 0 aliphatic heterocycles. The van der Waals surface area contributed by atoms with Crippen molar-refractivity contribution in [2.24, 2.45) is 0 Å². The SMILES string of the molecule is COc1cc2nccc(Oc3ccc(C(CS(=O)(=O)CC(Oc4ccccc4F)c4ccc(Oc5ccnc6cc(OC)c(OC)cc56)cc4)Oc4ccccc4F)cc3)c2cc1OC. The van der Waals surface area contributed by atoms with Gasteiger partial charge in [0.25, 0.3) is 0 Å². The molecular formula is C50H42F2N2O10S. The number of hydrogen-bond acceptors (Lipinski definition) is 12. The van der Waals surface area contributed by atoms with Gasteiger partial charge in [0.05, 0.1) is 51.0 Å². The van der Waals surface area contributed by atoms with Crippen LogP contribution in [0.5, 0.6) is 57.5 Å². The Balaban J connectivity index is 1.06. The summed E-state index contributed by atoms with van der Waals surface area (Å²) in [5, 5.41) is 1.33. The van der Waals surface area contributed by atoms with Crippen LogP contribution >= 0.6 is 0 Å². The van der Waals surface area contributed by atoms with E-state index in [1.807, 2.05) is 0 Å². The number of halogens is 2. The van der Waals surface area contributed by atoms with Crippen LogP contribution in [0.1, 0.15) is 23.3 Å². The molecule has 8 aromatic rings. The van der Waals surface area contributed by atoms with Gasteiger partial charge < -0.3 is 37.9 Å². The van der Waals surface area contributed by atoms with Gasteiger partial charge in [-0.2, -0.15) is 0 Å². The Labute approximate surface area is 373 Å². The van der Waals surface area contributed by atoms with Gasteiger partial charge in [0.2, 0.25) is 0 Å². The monoisotopic (exact) mass is 900 g/mol. The van der Waals surface area contributed by atoms with Crippen molar-refractivity contribution in [3.8, 4) is 57.5 Å². The maximum atomic E-state index is 15.1. The highest BCUT2D eigenvalue weighted by Crippen LogP contribution is 2.39. The third kappa shape index (κ3) is 10.1. The first-order chi connectivity index (χ1) is 31.5. The van der Waals surface area contributed by atoms with Crippen molar-refractivity contribution in [3.05, 3.63) is 169 Å². The quantitative estimate of drug-likeness (QED) is 0.0811. The van der Waals surface area contributed by atoms with Crippen LogP contribution in [0.25, 0.3) is 21.8 Å². The largest absolute Gasteiger partial charge is 0.493 e. The third-order valence-electron chi connectivity index (χ3n) is 10.4. The van der Waals surface area contributed by atoms with Gasteiger partial charge in [0, 0.05) is 35.3 Å². The first kappa shape index (κ1) is 44.0. The maximum absolute atomic E-state index is 15.1. The molecule has 0 fully saturated rings. The average molecular weight is 901 g/mol. The summed E-state index contributed by atoms with van der Waals surface area (Å²) in [6.45, 7) is 0. The van der Waals surface area contributed by atoms with Gasteiger partial charge in [-0.1, -0.05) is 48.5 Å². The number of ether oxygens (including phenoxy) is 8. The maximum Gasteiger partial charge on any atom is 0.165 e. The summed E-state index contributed by atoms with van der Waals surface area (Å²) in [5.74, 6) is 0.998. The number of fused-ring (bicyclic) bond motifs is 2. The lowest BCUT2D eigenvalue weighted by Crippen LogP contribution is -2.27. The number of pyridine rings is 2. The fraction of sp³-hybridized carbons (Fsp3) is 0.160. The molecule has 0 bridgehead atoms. The van der Waals surface area contributed by atoms with E-state index in [0.717, 1.165) is 0 Å². The highest BCUT2D eigenvalue weighted by Gasteiger charge is 2.29. The van der Waals surface area contributed by atoms with E-state index in [1.165, 1.54) is 64.8 Å². The second kappa shape index (κ2) is 19.4. The van der Waals surface area contributed by atoms with E-state index in [2.05, 4.69) is 9.97 Å². The van der Waals surface area contributed by atoms with Crippen molar-refractivity contribution in [1.29, 1.82) is 0 Å². The number of para-hydroxylation sites is 2. The Morgan fingerprint density at radius 3 is 1.20 bits per heavy atom. The molecule has 0 aliphatic carbocycles. The van der Waals surface area contributed by atoms with Gasteiger partial charge in [-0.3, -0.25) is 9.97 Å². The zero-order valence-electron chi connectivity index (χ0n) is 35.6. The molecule has 0 amide bonds. The predicted molar refractivity (Wildman–Crippen MR) is 241 cm³/mol. The van der Waals surface area contributed by atoms with Crippen LogP contribution in [0.3, 0.4) is 0 Å². The lowest BCUT2D eigenvalue weighted by molar-refractivity contribution is 0.211. The van der Waals surface area contributed by atoms with Crippen LogP contribution in [-0.4, -0.2) is 58.3 Å². The van der Waals surface area contributed by atoms with E-state index in [1.54, 1.807) is 109 Å². The van der Waals surface area contributed by atoms with Crippen molar-refractivity contribution in [2.45, 2.75) is 12.2 Å². The predicted octanol–water partition coefficient (Wildman–Crippen LogP) is 11.0. The molecule has 0 radical (unpaired) electrons. The van der Waals surface area contributed by atoms with Crippen LogP contribution in [-0.2, 0) is 9.84 Å². The number of benzene rings is 6. The number of aromatic nitrogens is 2. The zero-order chi connectivity index (χ0) is 45.5. The minimum absolute atomic E-state index is 0.144. The fourth-order valence-corrected chi connectivity index (χ4v) is 8.72. The summed E-state index contributed by atoms with van der Waals surface area (Å²) in [4.78, 5) is 8.86. The van der Waals surface area contributed by atoms with Gasteiger partial charge in [0.15, 0.2) is 56.0 Å². The Kier molecular flexibility index (Phi) is 13.1. The van der Waals surface area contributed by atoms with Crippen molar-refractivity contribution in [1.82, 2.24) is 9.97 Å². The number of methoxy groups -OCH3 is 4. The van der Waals surface area contributed by atoms with Crippen molar-refractivity contribution in [2.75, 3.05) is 39.9 Å². The lowest BCUT2D eigenvalue weighted by Gasteiger charge is -2.24. The van der Waals surface area contributed by atoms with Gasteiger partial charge in [0.1, 0.15) is 35.2 Å². The van der Waals surface area contributed by atoms with E-state index in [-0.39, 0.29) is 11.5 Å². The topological polar surface area (TPSA) is 134 Å². The van der Waals surface area contributed by atoms with E-state index < -0.39 is 45.2 Å². The number of rotatable bonds is 18. The molecule has 15 heteroatoms. The fourth-order valence-electron chi connectivity index (χ4n) is 7.14. The van der Waals surface area contributed by atoms with Crippen molar-refractivity contribution in [3.63, 3.8) is 0 Å². The van der Waals surface area contributed by atoms with Crippen LogP contribution in [0.4, 0.5) is 8.78 Å². The van der Waals surface area contributed by atoms with Gasteiger partial charge in [-0.25, -0.2) is 17.2 Å². The molecule has 65 heavy (non-hydrogen) atoms. The molecule has 0 N–H and O–H groups in total. The summed E-state index contributed by atoms with van der Waals surface area (Å²) in [7, 11) is 1.99. The Morgan fingerprint density at radius 2 is 0.831 bits per heavy atom. The van der Waals surface area contributed by atoms with Crippen LogP contribution < -0.4 is 37.9 Å². The van der Waals surface area contributed by atoms with Crippen LogP contribution in [0.15, 0.2) is 146 Å². The van der Waals surface area contributed by atoms with Gasteiger partial charge in [-0.15, -0.1) is 0 Å². The number of hydrogen-bond donors (Lipinski definition) is 0. The molecule has 332 valence electrons. The lowest BCUT2D eigenvalue weighted by atomic mass is 10.1. The van der Waals surface area contributed by atoms with E-state index >= 15 is 8.78 Å². The standard InChI is InChI=1S/C50H42F2N2O10S/c1-57-45-25-35-39(27-47(45)59-3)53-23-21-41(35)61-33-17-13-31(14-18-33)49(63-43-11-7-5-9-37(43)51)29-65(55,56)30-50(64-44-12-8-6-10-38(44)52)32-15-19-34(20-16-32)62-42-22-24-54-40-28-48(60-4)46(58-2)26-36(40)42/h5-28,49-50H,29-30H2,1-4H3. The summed E-state index contributed by atoms with van der Waals surface area (Å²) in [6.07, 6.45) is 0.824. The first-order valence-electron chi connectivity index (χ1n) is 20.1. The average Bonchev–Trinajstić information content (AvgIpc) is 3.32. The normalized spacial score (nSPS) is 12.3. The highest BCUT2D eigenvalue weighted by atomic mass is 32.2. The first-order valence-corrected chi connectivity index (χ1v) is 22.0. The molecular weight excluding hydrogens is 859 g/mol. The van der Waals surface area contributed by atoms with Crippen LogP contribution in [0.2, 0.25) is 0 Å². The molecule has 2 atom stereocenters. The van der Waals surface area contributed by atoms with Crippen LogP contribution in [0, 0.1) is 11.6 Å². The van der Waals surface area contributed by atoms with E-state index in [0.29, 0.717) is 78.9 Å². The van der Waals surface area contributed by atoms with E-state index in [4.69, 9.17) is 37.9 Å². The summed E-state index contributed by atoms with van der Waals surface area (Å²) in [6, 6.07) is 35.1. The molecule has 2 heterocycles. The molecule has 0 saturated heterocycles. The summed E-state index contributed by atoms with van der Waals surface area (Å²) < 4.78 is 105. The Hall–Kier alpha value is -7.65. The second-order valence-corrected chi connectivity index (χ2v) is 16.7. The van der Waals surface area contributed by atoms with Crippen molar-refractivity contribution >= 4 is 31.6 Å². The third-order valence-corrected chi connectivity index (χ3v) is 12.0. The Morgan fingerprint density at radius 1 is 0.462 bits per heavy atom. The molecule has 0 saturated carbocycles. The van der Waals surface area contributed by atoms with Crippen molar-refractivity contribution < 1.29 is 55.1 Å². The van der Waals surface area contributed by atoms with E-state index in [9.17, 15) is 8.42 Å². The molecule has 6 aromatic carbocycles. The summed E-state index contributed by atoms with van der Waals surface area (Å²) in [5.41, 5.74) is 2.07. The Bertz CT molecular complexity index is 2860. The smallest absolute Gasteiger partial charge is 0.165 e. The molecule has 0 spiro atoms. The number of sulfone groups is 1. The minimum Gasteiger partial charge on any atom is -0.493 e. The second-order valence-electron chi connectivity index (χ2n) is 14.6. The summed E-state index contributed by atoms with van der Waals surface area (Å²) >= 11 is 0. The van der Waals surface area contributed by atoms with Gasteiger partial charge >= 0.3 is 0 Å². The minimum atomic E-state index is -4.15. The molecule has 2 unspecified atom stereocenters. The number of nitrogens with zero attached hydrogens (tertiary/aromatic N) is 2.